The van der Waals surface area contributed by atoms with Crippen LogP contribution >= 0.6 is 11.3 Å². The molecule has 1 fully saturated rings. The van der Waals surface area contributed by atoms with Crippen LogP contribution in [0.5, 0.6) is 0 Å². The molecule has 112 valence electrons. The molecule has 0 saturated heterocycles. The first-order valence-corrected chi connectivity index (χ1v) is 8.20. The molecule has 2 aromatic rings. The third-order valence-corrected chi connectivity index (χ3v) is 5.50. The topological polar surface area (TPSA) is 68.0 Å². The third kappa shape index (κ3) is 2.50. The maximum absolute atomic E-state index is 12.6. The number of nitrogens with two attached hydrogens (primary N) is 1. The molecule has 0 aliphatic heterocycles. The maximum Gasteiger partial charge on any atom is 0.263 e. The molecule has 3 rings (SSSR count). The SMILES string of the molecule is Cc1cc2sc(C(=O)NC3(C)CCCC3)c(N)c2c(C)n1. The summed E-state index contributed by atoms with van der Waals surface area (Å²) in [6.45, 7) is 6.03. The molecule has 0 spiro atoms. The molecule has 4 nitrogen and oxygen atoms in total. The summed E-state index contributed by atoms with van der Waals surface area (Å²) in [5.74, 6) is -0.0462. The lowest BCUT2D eigenvalue weighted by Gasteiger charge is -2.25. The van der Waals surface area contributed by atoms with Gasteiger partial charge in [-0.15, -0.1) is 11.3 Å². The van der Waals surface area contributed by atoms with Crippen LogP contribution in [0, 0.1) is 13.8 Å². The average molecular weight is 303 g/mol. The van der Waals surface area contributed by atoms with Gasteiger partial charge in [0, 0.05) is 27.0 Å². The van der Waals surface area contributed by atoms with Crippen LogP contribution < -0.4 is 11.1 Å². The predicted molar refractivity (Wildman–Crippen MR) is 87.8 cm³/mol. The number of rotatable bonds is 2. The summed E-state index contributed by atoms with van der Waals surface area (Å²) in [5.41, 5.74) is 8.55. The summed E-state index contributed by atoms with van der Waals surface area (Å²) in [7, 11) is 0. The number of hydrogen-bond acceptors (Lipinski definition) is 4. The van der Waals surface area contributed by atoms with Crippen molar-refractivity contribution in [3.8, 4) is 0 Å². The number of aryl methyl sites for hydroxylation is 2. The zero-order valence-corrected chi connectivity index (χ0v) is 13.6. The third-order valence-electron chi connectivity index (χ3n) is 4.35. The number of fused-ring (bicyclic) bond motifs is 1. The van der Waals surface area contributed by atoms with Crippen molar-refractivity contribution in [3.63, 3.8) is 0 Å². The van der Waals surface area contributed by atoms with E-state index in [4.69, 9.17) is 5.73 Å². The van der Waals surface area contributed by atoms with E-state index in [1.807, 2.05) is 19.9 Å². The average Bonchev–Trinajstić information content (AvgIpc) is 2.94. The van der Waals surface area contributed by atoms with Crippen LogP contribution in [0.3, 0.4) is 0 Å². The number of anilines is 1. The number of pyridine rings is 1. The Morgan fingerprint density at radius 3 is 2.71 bits per heavy atom. The molecular weight excluding hydrogens is 282 g/mol. The van der Waals surface area contributed by atoms with Gasteiger partial charge in [0.2, 0.25) is 0 Å². The van der Waals surface area contributed by atoms with Crippen molar-refractivity contribution in [3.05, 3.63) is 22.3 Å². The number of nitrogens with zero attached hydrogens (tertiary/aromatic N) is 1. The number of thiophene rings is 1. The van der Waals surface area contributed by atoms with Gasteiger partial charge >= 0.3 is 0 Å². The molecule has 0 radical (unpaired) electrons. The highest BCUT2D eigenvalue weighted by Gasteiger charge is 2.31. The molecule has 0 aromatic carbocycles. The van der Waals surface area contributed by atoms with Gasteiger partial charge < -0.3 is 11.1 Å². The van der Waals surface area contributed by atoms with Crippen molar-refractivity contribution in [2.45, 2.75) is 52.0 Å². The molecule has 1 saturated carbocycles. The van der Waals surface area contributed by atoms with Crippen molar-refractivity contribution in [2.75, 3.05) is 5.73 Å². The highest BCUT2D eigenvalue weighted by Crippen LogP contribution is 2.36. The Hall–Kier alpha value is -1.62. The number of amides is 1. The van der Waals surface area contributed by atoms with Crippen LogP contribution in [0.1, 0.15) is 53.7 Å². The van der Waals surface area contributed by atoms with E-state index in [0.29, 0.717) is 10.6 Å². The van der Waals surface area contributed by atoms with Crippen molar-refractivity contribution < 1.29 is 4.79 Å². The highest BCUT2D eigenvalue weighted by molar-refractivity contribution is 7.21. The fraction of sp³-hybridized carbons (Fsp3) is 0.500. The lowest BCUT2D eigenvalue weighted by atomic mass is 10.0. The van der Waals surface area contributed by atoms with E-state index in [9.17, 15) is 4.79 Å². The number of nitrogen functional groups attached to an aromatic ring is 1. The zero-order chi connectivity index (χ0) is 15.2. The van der Waals surface area contributed by atoms with Crippen molar-refractivity contribution in [1.29, 1.82) is 0 Å². The molecule has 1 aliphatic carbocycles. The van der Waals surface area contributed by atoms with Crippen LogP contribution in [-0.2, 0) is 0 Å². The van der Waals surface area contributed by atoms with Gasteiger partial charge in [0.25, 0.3) is 5.91 Å². The first kappa shape index (κ1) is 14.3. The van der Waals surface area contributed by atoms with Crippen LogP contribution in [0.2, 0.25) is 0 Å². The van der Waals surface area contributed by atoms with Gasteiger partial charge in [0.1, 0.15) is 4.88 Å². The summed E-state index contributed by atoms with van der Waals surface area (Å²) < 4.78 is 1.04. The second-order valence-electron chi connectivity index (χ2n) is 6.29. The fourth-order valence-corrected chi connectivity index (χ4v) is 4.42. The quantitative estimate of drug-likeness (QED) is 0.891. The Bertz CT molecular complexity index is 714. The number of hydrogen-bond donors (Lipinski definition) is 2. The first-order chi connectivity index (χ1) is 9.89. The van der Waals surface area contributed by atoms with Crippen LogP contribution in [0.25, 0.3) is 10.1 Å². The number of carbonyl (C=O) groups is 1. The van der Waals surface area contributed by atoms with E-state index in [-0.39, 0.29) is 11.4 Å². The first-order valence-electron chi connectivity index (χ1n) is 7.38. The van der Waals surface area contributed by atoms with Crippen LogP contribution in [0.15, 0.2) is 6.07 Å². The molecule has 1 aliphatic rings. The predicted octanol–water partition coefficient (Wildman–Crippen LogP) is 3.56. The van der Waals surface area contributed by atoms with E-state index in [2.05, 4.69) is 17.2 Å². The Balaban J connectivity index is 1.98. The summed E-state index contributed by atoms with van der Waals surface area (Å²) >= 11 is 1.47. The standard InChI is InChI=1S/C16H21N3OS/c1-9-8-11-12(10(2)18-9)13(17)14(21-11)15(20)19-16(3)6-4-5-7-16/h8H,4-7,17H2,1-3H3,(H,19,20). The van der Waals surface area contributed by atoms with Crippen LogP contribution in [0.4, 0.5) is 5.69 Å². The fourth-order valence-electron chi connectivity index (χ4n) is 3.26. The summed E-state index contributed by atoms with van der Waals surface area (Å²) in [6.07, 6.45) is 4.45. The molecule has 0 bridgehead atoms. The monoisotopic (exact) mass is 303 g/mol. The molecule has 21 heavy (non-hydrogen) atoms. The lowest BCUT2D eigenvalue weighted by Crippen LogP contribution is -2.43. The molecule has 2 aromatic heterocycles. The minimum atomic E-state index is -0.0804. The molecule has 0 atom stereocenters. The Morgan fingerprint density at radius 2 is 2.05 bits per heavy atom. The van der Waals surface area contributed by atoms with E-state index in [1.165, 1.54) is 24.2 Å². The van der Waals surface area contributed by atoms with E-state index >= 15 is 0 Å². The van der Waals surface area contributed by atoms with E-state index in [1.54, 1.807) is 0 Å². The van der Waals surface area contributed by atoms with Gasteiger partial charge in [-0.25, -0.2) is 0 Å². The minimum absolute atomic E-state index is 0.0462. The van der Waals surface area contributed by atoms with Crippen molar-refractivity contribution in [1.82, 2.24) is 10.3 Å². The number of nitrogens with one attached hydrogen (secondary N) is 1. The molecule has 2 heterocycles. The Labute approximate surface area is 128 Å². The summed E-state index contributed by atoms with van der Waals surface area (Å²) in [5, 5.41) is 4.10. The smallest absolute Gasteiger partial charge is 0.263 e. The number of carbonyl (C=O) groups excluding carboxylic acids is 1. The maximum atomic E-state index is 12.6. The van der Waals surface area contributed by atoms with Crippen molar-refractivity contribution >= 4 is 33.0 Å². The minimum Gasteiger partial charge on any atom is -0.397 e. The Kier molecular flexibility index (Phi) is 3.40. The van der Waals surface area contributed by atoms with Gasteiger partial charge in [0.15, 0.2) is 0 Å². The number of aromatic nitrogens is 1. The molecular formula is C16H21N3OS. The van der Waals surface area contributed by atoms with E-state index in [0.717, 1.165) is 34.3 Å². The molecule has 3 N–H and O–H groups in total. The van der Waals surface area contributed by atoms with Gasteiger partial charge in [-0.2, -0.15) is 0 Å². The van der Waals surface area contributed by atoms with E-state index < -0.39 is 0 Å². The second kappa shape index (κ2) is 4.98. The van der Waals surface area contributed by atoms with Gasteiger partial charge in [0.05, 0.1) is 5.69 Å². The second-order valence-corrected chi connectivity index (χ2v) is 7.34. The summed E-state index contributed by atoms with van der Waals surface area (Å²) in [6, 6.07) is 2.00. The molecule has 1 amide bonds. The van der Waals surface area contributed by atoms with Gasteiger partial charge in [-0.3, -0.25) is 9.78 Å². The Morgan fingerprint density at radius 1 is 1.38 bits per heavy atom. The summed E-state index contributed by atoms with van der Waals surface area (Å²) in [4.78, 5) is 17.7. The molecule has 0 unspecified atom stereocenters. The molecule has 5 heteroatoms. The zero-order valence-electron chi connectivity index (χ0n) is 12.7. The van der Waals surface area contributed by atoms with Gasteiger partial charge in [-0.05, 0) is 39.7 Å². The van der Waals surface area contributed by atoms with Gasteiger partial charge in [-0.1, -0.05) is 12.8 Å². The lowest BCUT2D eigenvalue weighted by molar-refractivity contribution is 0.0913. The van der Waals surface area contributed by atoms with Crippen LogP contribution in [-0.4, -0.2) is 16.4 Å². The highest BCUT2D eigenvalue weighted by atomic mass is 32.1. The largest absolute Gasteiger partial charge is 0.397 e. The normalized spacial score (nSPS) is 17.3. The van der Waals surface area contributed by atoms with Crippen molar-refractivity contribution in [2.24, 2.45) is 0 Å².